The second-order valence-corrected chi connectivity index (χ2v) is 7.42. The van der Waals surface area contributed by atoms with Gasteiger partial charge in [0.05, 0.1) is 23.8 Å². The molecule has 1 fully saturated rings. The van der Waals surface area contributed by atoms with Gasteiger partial charge in [-0.15, -0.1) is 0 Å². The third kappa shape index (κ3) is 3.68. The van der Waals surface area contributed by atoms with E-state index in [0.29, 0.717) is 36.9 Å². The Morgan fingerprint density at radius 2 is 1.97 bits per heavy atom. The van der Waals surface area contributed by atoms with Crippen LogP contribution in [0.2, 0.25) is 0 Å². The molecule has 0 radical (unpaired) electrons. The van der Waals surface area contributed by atoms with Crippen molar-refractivity contribution in [2.75, 3.05) is 42.4 Å². The molecule has 2 aliphatic heterocycles. The van der Waals surface area contributed by atoms with Crippen LogP contribution in [0.25, 0.3) is 0 Å². The van der Waals surface area contributed by atoms with Gasteiger partial charge in [-0.2, -0.15) is 13.5 Å². The Morgan fingerprint density at radius 3 is 2.60 bits per heavy atom. The molecule has 2 aromatic rings. The lowest BCUT2D eigenvalue weighted by molar-refractivity contribution is 0.0996. The first kappa shape index (κ1) is 21.8. The Hall–Kier alpha value is -2.85. The molecule has 30 heavy (non-hydrogen) atoms. The van der Waals surface area contributed by atoms with Crippen molar-refractivity contribution in [1.29, 1.82) is 0 Å². The van der Waals surface area contributed by atoms with Gasteiger partial charge >= 0.3 is 6.09 Å². The molecule has 1 saturated heterocycles. The predicted octanol–water partition coefficient (Wildman–Crippen LogP) is 1.88. The van der Waals surface area contributed by atoms with Gasteiger partial charge in [0, 0.05) is 26.2 Å². The van der Waals surface area contributed by atoms with Crippen LogP contribution in [-0.2, 0) is 17.8 Å². The third-order valence-electron chi connectivity index (χ3n) is 5.12. The highest BCUT2D eigenvalue weighted by atomic mass is 32.1. The van der Waals surface area contributed by atoms with Gasteiger partial charge in [-0.1, -0.05) is 6.07 Å². The van der Waals surface area contributed by atoms with Crippen molar-refractivity contribution in [2.24, 2.45) is 0 Å². The number of hydrogen-bond acceptors (Lipinski definition) is 7. The van der Waals surface area contributed by atoms with Crippen molar-refractivity contribution in [3.05, 3.63) is 41.1 Å². The summed E-state index contributed by atoms with van der Waals surface area (Å²) in [5.74, 6) is 1.59. The van der Waals surface area contributed by atoms with Gasteiger partial charge in [0.1, 0.15) is 24.1 Å². The average Bonchev–Trinajstić information content (AvgIpc) is 3.21. The van der Waals surface area contributed by atoms with Crippen molar-refractivity contribution in [1.82, 2.24) is 15.3 Å². The predicted molar refractivity (Wildman–Crippen MR) is 120 cm³/mol. The number of pyridine rings is 2. The second-order valence-electron chi connectivity index (χ2n) is 7.42. The van der Waals surface area contributed by atoms with Crippen LogP contribution in [0, 0.1) is 0 Å². The average molecular weight is 431 g/mol. The zero-order valence-corrected chi connectivity index (χ0v) is 18.5. The zero-order chi connectivity index (χ0) is 20.7. The highest BCUT2D eigenvalue weighted by Gasteiger charge is 2.35. The summed E-state index contributed by atoms with van der Waals surface area (Å²) < 4.78 is 5.09. The Labute approximate surface area is 182 Å². The molecule has 160 valence electrons. The fraction of sp³-hybridized carbons (Fsp3) is 0.400. The number of carbonyl (C=O) groups excluding carboxylic acids is 2. The Balaban J connectivity index is 0.00000256. The number of hydrogen-bond donors (Lipinski definition) is 1. The summed E-state index contributed by atoms with van der Waals surface area (Å²) in [4.78, 5) is 39.5. The minimum Gasteiger partial charge on any atom is -0.447 e. The van der Waals surface area contributed by atoms with E-state index in [1.54, 1.807) is 23.1 Å². The molecule has 2 aromatic heterocycles. The summed E-state index contributed by atoms with van der Waals surface area (Å²) in [6.45, 7) is 3.18. The summed E-state index contributed by atoms with van der Waals surface area (Å²) in [5, 5.41) is 3.12. The standard InChI is InChI=1S/C20H24N6O3.H2S/c1-12-11-29-20(28)26(12)17-7-5-6-16(23-17)25-10-14-13(19(25)27)8-18(24(3)4)22-15(14)9-21-2;/h5-8,12,21H,9-11H2,1-4H3;1H2/t12-;/m0./s1. The maximum atomic E-state index is 13.2. The molecule has 1 N–H and O–H groups in total. The first-order valence-corrected chi connectivity index (χ1v) is 9.50. The molecule has 9 nitrogen and oxygen atoms in total. The van der Waals surface area contributed by atoms with E-state index >= 15 is 0 Å². The van der Waals surface area contributed by atoms with Crippen LogP contribution >= 0.6 is 13.5 Å². The first-order valence-electron chi connectivity index (χ1n) is 9.50. The summed E-state index contributed by atoms with van der Waals surface area (Å²) in [7, 11) is 5.65. The zero-order valence-electron chi connectivity index (χ0n) is 17.5. The number of nitrogens with zero attached hydrogens (tertiary/aromatic N) is 5. The number of fused-ring (bicyclic) bond motifs is 1. The van der Waals surface area contributed by atoms with E-state index in [-0.39, 0.29) is 25.4 Å². The number of cyclic esters (lactones) is 1. The maximum Gasteiger partial charge on any atom is 0.415 e. The normalized spacial score (nSPS) is 17.7. The molecule has 10 heteroatoms. The number of aromatic nitrogens is 2. The van der Waals surface area contributed by atoms with Crippen LogP contribution in [-0.4, -0.2) is 55.8 Å². The highest BCUT2D eigenvalue weighted by Crippen LogP contribution is 2.32. The number of nitrogens with one attached hydrogen (secondary N) is 1. The smallest absolute Gasteiger partial charge is 0.415 e. The van der Waals surface area contributed by atoms with E-state index in [2.05, 4.69) is 10.3 Å². The number of ether oxygens (including phenoxy) is 1. The summed E-state index contributed by atoms with van der Waals surface area (Å²) in [6, 6.07) is 7.03. The van der Waals surface area contributed by atoms with Crippen molar-refractivity contribution in [3.63, 3.8) is 0 Å². The van der Waals surface area contributed by atoms with Gasteiger partial charge in [-0.05, 0) is 32.2 Å². The van der Waals surface area contributed by atoms with Crippen molar-refractivity contribution < 1.29 is 14.3 Å². The minimum atomic E-state index is -0.422. The topological polar surface area (TPSA) is 90.9 Å². The van der Waals surface area contributed by atoms with Crippen LogP contribution in [0.4, 0.5) is 22.2 Å². The third-order valence-corrected chi connectivity index (χ3v) is 5.12. The van der Waals surface area contributed by atoms with Crippen LogP contribution in [0.3, 0.4) is 0 Å². The number of amides is 2. The molecule has 0 unspecified atom stereocenters. The van der Waals surface area contributed by atoms with E-state index < -0.39 is 6.09 Å². The number of rotatable bonds is 5. The Kier molecular flexibility index (Phi) is 6.18. The van der Waals surface area contributed by atoms with Crippen molar-refractivity contribution in [2.45, 2.75) is 26.1 Å². The molecular formula is C20H26N6O3S. The second kappa shape index (κ2) is 8.49. The van der Waals surface area contributed by atoms with E-state index in [9.17, 15) is 9.59 Å². The molecule has 0 aromatic carbocycles. The van der Waals surface area contributed by atoms with Crippen LogP contribution in [0.5, 0.6) is 0 Å². The molecular weight excluding hydrogens is 404 g/mol. The fourth-order valence-electron chi connectivity index (χ4n) is 3.61. The highest BCUT2D eigenvalue weighted by molar-refractivity contribution is 7.59. The van der Waals surface area contributed by atoms with Crippen LogP contribution in [0.1, 0.15) is 28.5 Å². The molecule has 0 saturated carbocycles. The molecule has 1 atom stereocenters. The quantitative estimate of drug-likeness (QED) is 0.774. The van der Waals surface area contributed by atoms with Gasteiger partial charge in [0.15, 0.2) is 0 Å². The van der Waals surface area contributed by atoms with E-state index in [1.807, 2.05) is 39.0 Å². The van der Waals surface area contributed by atoms with E-state index in [1.165, 1.54) is 4.90 Å². The maximum absolute atomic E-state index is 13.2. The summed E-state index contributed by atoms with van der Waals surface area (Å²) in [6.07, 6.45) is -0.422. The number of anilines is 3. The lowest BCUT2D eigenvalue weighted by Gasteiger charge is -2.20. The largest absolute Gasteiger partial charge is 0.447 e. The lowest BCUT2D eigenvalue weighted by atomic mass is 10.1. The van der Waals surface area contributed by atoms with Gasteiger partial charge in [0.25, 0.3) is 5.91 Å². The van der Waals surface area contributed by atoms with Gasteiger partial charge < -0.3 is 15.0 Å². The van der Waals surface area contributed by atoms with Crippen LogP contribution in [0.15, 0.2) is 24.3 Å². The minimum absolute atomic E-state index is 0. The van der Waals surface area contributed by atoms with Gasteiger partial charge in [0.2, 0.25) is 0 Å². The van der Waals surface area contributed by atoms with E-state index in [4.69, 9.17) is 9.72 Å². The molecule has 4 heterocycles. The van der Waals surface area contributed by atoms with Crippen LogP contribution < -0.4 is 20.0 Å². The summed E-state index contributed by atoms with van der Waals surface area (Å²) >= 11 is 0. The fourth-order valence-corrected chi connectivity index (χ4v) is 3.61. The Bertz CT molecular complexity index is 983. The SMILES string of the molecule is CNCc1nc(N(C)C)cc2c1CN(c1cccc(N3C(=O)OC[C@@H]3C)n1)C2=O.S. The summed E-state index contributed by atoms with van der Waals surface area (Å²) in [5.41, 5.74) is 2.38. The molecule has 2 aliphatic rings. The molecule has 4 rings (SSSR count). The van der Waals surface area contributed by atoms with Gasteiger partial charge in [-0.25, -0.2) is 14.8 Å². The Morgan fingerprint density at radius 1 is 1.23 bits per heavy atom. The van der Waals surface area contributed by atoms with Crippen molar-refractivity contribution >= 4 is 42.9 Å². The number of carbonyl (C=O) groups is 2. The molecule has 2 amide bonds. The van der Waals surface area contributed by atoms with Gasteiger partial charge in [-0.3, -0.25) is 14.6 Å². The van der Waals surface area contributed by atoms with Crippen molar-refractivity contribution in [3.8, 4) is 0 Å². The first-order chi connectivity index (χ1) is 13.9. The lowest BCUT2D eigenvalue weighted by Crippen LogP contribution is -2.32. The molecule has 0 bridgehead atoms. The molecule has 0 aliphatic carbocycles. The van der Waals surface area contributed by atoms with E-state index in [0.717, 1.165) is 17.1 Å². The monoisotopic (exact) mass is 430 g/mol. The molecule has 0 spiro atoms.